The number of phenolic OH excluding ortho intramolecular Hbond substituents is 1. The molecular formula is C18H21NO4. The van der Waals surface area contributed by atoms with Gasteiger partial charge in [-0.3, -0.25) is 4.79 Å². The number of phenols is 1. The molecule has 122 valence electrons. The number of methoxy groups -OCH3 is 1. The molecule has 0 spiro atoms. The largest absolute Gasteiger partial charge is 0.508 e. The van der Waals surface area contributed by atoms with Crippen LogP contribution in [0.2, 0.25) is 0 Å². The van der Waals surface area contributed by atoms with Crippen molar-refractivity contribution in [2.24, 2.45) is 0 Å². The fraction of sp³-hybridized carbons (Fsp3) is 0.333. The summed E-state index contributed by atoms with van der Waals surface area (Å²) in [6.07, 6.45) is 3.43. The van der Waals surface area contributed by atoms with Crippen molar-refractivity contribution >= 4 is 18.0 Å². The Labute approximate surface area is 135 Å². The number of amides is 1. The Bertz CT molecular complexity index is 688. The van der Waals surface area contributed by atoms with Gasteiger partial charge in [0.1, 0.15) is 5.75 Å². The van der Waals surface area contributed by atoms with Crippen molar-refractivity contribution in [1.29, 1.82) is 0 Å². The van der Waals surface area contributed by atoms with Crippen LogP contribution in [0, 0.1) is 0 Å². The molecule has 1 heterocycles. The van der Waals surface area contributed by atoms with Crippen molar-refractivity contribution in [2.45, 2.75) is 26.7 Å². The van der Waals surface area contributed by atoms with E-state index in [-0.39, 0.29) is 17.2 Å². The number of hydrogen-bond donors (Lipinski definition) is 1. The Morgan fingerprint density at radius 1 is 1.39 bits per heavy atom. The molecule has 0 atom stereocenters. The number of esters is 1. The molecule has 1 aliphatic rings. The average molecular weight is 315 g/mol. The molecule has 1 aromatic carbocycles. The molecule has 2 rings (SSSR count). The van der Waals surface area contributed by atoms with E-state index >= 15 is 0 Å². The summed E-state index contributed by atoms with van der Waals surface area (Å²) in [5.74, 6) is -0.631. The van der Waals surface area contributed by atoms with Gasteiger partial charge in [0.05, 0.1) is 18.3 Å². The van der Waals surface area contributed by atoms with Gasteiger partial charge in [-0.1, -0.05) is 25.5 Å². The molecule has 1 amide bonds. The van der Waals surface area contributed by atoms with Crippen LogP contribution in [-0.2, 0) is 14.3 Å². The molecule has 0 bridgehead atoms. The van der Waals surface area contributed by atoms with E-state index in [0.717, 1.165) is 12.8 Å². The molecule has 5 nitrogen and oxygen atoms in total. The summed E-state index contributed by atoms with van der Waals surface area (Å²) in [6, 6.07) is 6.54. The van der Waals surface area contributed by atoms with Crippen LogP contribution in [0.5, 0.6) is 5.75 Å². The number of aromatic hydroxyl groups is 1. The third-order valence-corrected chi connectivity index (χ3v) is 3.82. The van der Waals surface area contributed by atoms with Gasteiger partial charge in [-0.25, -0.2) is 4.79 Å². The summed E-state index contributed by atoms with van der Waals surface area (Å²) in [5, 5.41) is 9.57. The molecule has 0 fully saturated rings. The summed E-state index contributed by atoms with van der Waals surface area (Å²) in [5.41, 5.74) is 1.86. The maximum absolute atomic E-state index is 12.7. The van der Waals surface area contributed by atoms with E-state index in [4.69, 9.17) is 4.74 Å². The number of nitrogens with zero attached hydrogens (tertiary/aromatic N) is 1. The lowest BCUT2D eigenvalue weighted by molar-refractivity contribution is -0.136. The van der Waals surface area contributed by atoms with Gasteiger partial charge in [0.2, 0.25) is 0 Å². The van der Waals surface area contributed by atoms with Crippen molar-refractivity contribution in [3.8, 4) is 5.75 Å². The molecule has 23 heavy (non-hydrogen) atoms. The molecule has 5 heteroatoms. The van der Waals surface area contributed by atoms with E-state index in [0.29, 0.717) is 23.4 Å². The number of carbonyl (C=O) groups excluding carboxylic acids is 2. The summed E-state index contributed by atoms with van der Waals surface area (Å²) in [6.45, 7) is 4.37. The Balaban J connectivity index is 2.47. The Morgan fingerprint density at radius 2 is 2.13 bits per heavy atom. The van der Waals surface area contributed by atoms with Gasteiger partial charge in [0.15, 0.2) is 0 Å². The van der Waals surface area contributed by atoms with Crippen LogP contribution >= 0.6 is 0 Å². The maximum atomic E-state index is 12.7. The number of hydrogen-bond acceptors (Lipinski definition) is 4. The highest BCUT2D eigenvalue weighted by atomic mass is 16.5. The minimum Gasteiger partial charge on any atom is -0.508 e. The number of unbranched alkanes of at least 4 members (excludes halogenated alkanes) is 1. The van der Waals surface area contributed by atoms with E-state index in [1.807, 2.05) is 6.92 Å². The standard InChI is InChI=1S/C18H21NO4/c1-4-5-9-19-12(2)16(18(22)23-3)15(17(19)21)11-13-7-6-8-14(20)10-13/h6-8,10-11,20H,4-5,9H2,1-3H3/b15-11-. The highest BCUT2D eigenvalue weighted by Gasteiger charge is 2.36. The van der Waals surface area contributed by atoms with Crippen molar-refractivity contribution in [1.82, 2.24) is 4.90 Å². The second-order valence-electron chi connectivity index (χ2n) is 5.42. The topological polar surface area (TPSA) is 66.8 Å². The zero-order valence-corrected chi connectivity index (χ0v) is 13.6. The lowest BCUT2D eigenvalue weighted by Gasteiger charge is -2.17. The molecular weight excluding hydrogens is 294 g/mol. The Kier molecular flexibility index (Phi) is 5.21. The fourth-order valence-corrected chi connectivity index (χ4v) is 2.59. The average Bonchev–Trinajstić information content (AvgIpc) is 2.76. The highest BCUT2D eigenvalue weighted by Crippen LogP contribution is 2.32. The minimum absolute atomic E-state index is 0.105. The Morgan fingerprint density at radius 3 is 2.74 bits per heavy atom. The number of allylic oxidation sites excluding steroid dienone is 1. The summed E-state index contributed by atoms with van der Waals surface area (Å²) in [4.78, 5) is 26.4. The highest BCUT2D eigenvalue weighted by molar-refractivity contribution is 6.16. The van der Waals surface area contributed by atoms with Crippen molar-refractivity contribution in [3.63, 3.8) is 0 Å². The summed E-state index contributed by atoms with van der Waals surface area (Å²) >= 11 is 0. The van der Waals surface area contributed by atoms with Crippen LogP contribution in [0.15, 0.2) is 41.1 Å². The molecule has 1 N–H and O–H groups in total. The lowest BCUT2D eigenvalue weighted by atomic mass is 10.0. The van der Waals surface area contributed by atoms with Gasteiger partial charge in [0, 0.05) is 12.2 Å². The van der Waals surface area contributed by atoms with E-state index in [2.05, 4.69) is 0 Å². The summed E-state index contributed by atoms with van der Waals surface area (Å²) < 4.78 is 4.83. The van der Waals surface area contributed by atoms with Crippen LogP contribution < -0.4 is 0 Å². The predicted molar refractivity (Wildman–Crippen MR) is 87.4 cm³/mol. The van der Waals surface area contributed by atoms with Crippen molar-refractivity contribution in [2.75, 3.05) is 13.7 Å². The lowest BCUT2D eigenvalue weighted by Crippen LogP contribution is -2.26. The van der Waals surface area contributed by atoms with Crippen LogP contribution in [0.3, 0.4) is 0 Å². The number of benzene rings is 1. The molecule has 0 aromatic heterocycles. The monoisotopic (exact) mass is 315 g/mol. The van der Waals surface area contributed by atoms with Gasteiger partial charge >= 0.3 is 5.97 Å². The molecule has 0 saturated heterocycles. The molecule has 0 saturated carbocycles. The van der Waals surface area contributed by atoms with Crippen LogP contribution in [-0.4, -0.2) is 35.5 Å². The molecule has 0 unspecified atom stereocenters. The third kappa shape index (κ3) is 3.44. The molecule has 0 aliphatic carbocycles. The summed E-state index contributed by atoms with van der Waals surface area (Å²) in [7, 11) is 1.30. The van der Waals surface area contributed by atoms with Crippen molar-refractivity contribution < 1.29 is 19.4 Å². The first-order chi connectivity index (χ1) is 11.0. The van der Waals surface area contributed by atoms with E-state index in [1.54, 1.807) is 42.2 Å². The zero-order chi connectivity index (χ0) is 17.0. The smallest absolute Gasteiger partial charge is 0.340 e. The fourth-order valence-electron chi connectivity index (χ4n) is 2.59. The van der Waals surface area contributed by atoms with Crippen LogP contribution in [0.4, 0.5) is 0 Å². The normalized spacial score (nSPS) is 16.4. The molecule has 1 aliphatic heterocycles. The predicted octanol–water partition coefficient (Wildman–Crippen LogP) is 2.86. The van der Waals surface area contributed by atoms with Crippen LogP contribution in [0.1, 0.15) is 32.3 Å². The van der Waals surface area contributed by atoms with Gasteiger partial charge in [-0.2, -0.15) is 0 Å². The van der Waals surface area contributed by atoms with Gasteiger partial charge in [-0.05, 0) is 37.1 Å². The minimum atomic E-state index is -0.527. The van der Waals surface area contributed by atoms with Gasteiger partial charge < -0.3 is 14.7 Å². The zero-order valence-electron chi connectivity index (χ0n) is 13.6. The van der Waals surface area contributed by atoms with Gasteiger partial charge in [-0.15, -0.1) is 0 Å². The second-order valence-corrected chi connectivity index (χ2v) is 5.42. The SMILES string of the molecule is CCCCN1C(=O)/C(=C\c2cccc(O)c2)C(C(=O)OC)=C1C. The first-order valence-electron chi connectivity index (χ1n) is 7.61. The number of rotatable bonds is 5. The van der Waals surface area contributed by atoms with Crippen LogP contribution in [0.25, 0.3) is 6.08 Å². The quantitative estimate of drug-likeness (QED) is 0.670. The third-order valence-electron chi connectivity index (χ3n) is 3.82. The molecule has 1 aromatic rings. The Hall–Kier alpha value is -2.56. The van der Waals surface area contributed by atoms with E-state index in [9.17, 15) is 14.7 Å². The van der Waals surface area contributed by atoms with Crippen molar-refractivity contribution in [3.05, 3.63) is 46.7 Å². The second kappa shape index (κ2) is 7.13. The first-order valence-corrected chi connectivity index (χ1v) is 7.61. The molecule has 0 radical (unpaired) electrons. The van der Waals surface area contributed by atoms with E-state index in [1.165, 1.54) is 7.11 Å². The van der Waals surface area contributed by atoms with Gasteiger partial charge in [0.25, 0.3) is 5.91 Å². The number of ether oxygens (including phenoxy) is 1. The maximum Gasteiger partial charge on any atom is 0.340 e. The first kappa shape index (κ1) is 16.8. The number of carbonyl (C=O) groups is 2. The van der Waals surface area contributed by atoms with E-state index < -0.39 is 5.97 Å².